The highest BCUT2D eigenvalue weighted by atomic mass is 16.5. The summed E-state index contributed by atoms with van der Waals surface area (Å²) in [6.07, 6.45) is 3.90. The number of rotatable bonds is 9. The van der Waals surface area contributed by atoms with Gasteiger partial charge in [0.15, 0.2) is 6.29 Å². The summed E-state index contributed by atoms with van der Waals surface area (Å²) < 4.78 is 7.65. The molecule has 0 aliphatic heterocycles. The van der Waals surface area contributed by atoms with Crippen LogP contribution in [0.2, 0.25) is 0 Å². The highest BCUT2D eigenvalue weighted by Gasteiger charge is 2.04. The summed E-state index contributed by atoms with van der Waals surface area (Å²) in [5.74, 6) is 0.858. The molecule has 0 radical (unpaired) electrons. The van der Waals surface area contributed by atoms with Gasteiger partial charge in [0.25, 0.3) is 0 Å². The molecule has 0 aliphatic carbocycles. The fourth-order valence-electron chi connectivity index (χ4n) is 2.47. The molecule has 0 aliphatic rings. The molecule has 0 unspecified atom stereocenters. The van der Waals surface area contributed by atoms with Crippen molar-refractivity contribution in [1.29, 1.82) is 0 Å². The quantitative estimate of drug-likeness (QED) is 0.666. The molecule has 0 amide bonds. The van der Waals surface area contributed by atoms with Gasteiger partial charge in [-0.05, 0) is 55.9 Å². The second-order valence-electron chi connectivity index (χ2n) is 5.20. The zero-order valence-corrected chi connectivity index (χ0v) is 13.4. The van der Waals surface area contributed by atoms with Crippen LogP contribution in [-0.2, 0) is 0 Å². The second kappa shape index (κ2) is 8.39. The van der Waals surface area contributed by atoms with Crippen LogP contribution >= 0.6 is 0 Å². The first-order chi connectivity index (χ1) is 10.8. The summed E-state index contributed by atoms with van der Waals surface area (Å²) in [5.41, 5.74) is 1.60. The highest BCUT2D eigenvalue weighted by molar-refractivity contribution is 5.73. The topological polar surface area (TPSA) is 34.5 Å². The Kier molecular flexibility index (Phi) is 6.22. The van der Waals surface area contributed by atoms with Gasteiger partial charge in [-0.15, -0.1) is 0 Å². The molecule has 4 heteroatoms. The number of carbonyl (C=O) groups excluding carboxylic acids is 1. The summed E-state index contributed by atoms with van der Waals surface area (Å²) in [5, 5.41) is 0. The van der Waals surface area contributed by atoms with Crippen molar-refractivity contribution >= 4 is 6.29 Å². The van der Waals surface area contributed by atoms with Crippen LogP contribution < -0.4 is 4.74 Å². The number of carbonyl (C=O) groups is 1. The lowest BCUT2D eigenvalue weighted by molar-refractivity contribution is 0.111. The van der Waals surface area contributed by atoms with E-state index in [0.717, 1.165) is 37.4 Å². The minimum atomic E-state index is 0.645. The average molecular weight is 300 g/mol. The molecule has 1 aromatic heterocycles. The molecule has 2 rings (SSSR count). The first-order valence-corrected chi connectivity index (χ1v) is 7.86. The Morgan fingerprint density at radius 2 is 1.91 bits per heavy atom. The number of aromatic nitrogens is 1. The molecule has 0 atom stereocenters. The van der Waals surface area contributed by atoms with E-state index < -0.39 is 0 Å². The van der Waals surface area contributed by atoms with E-state index in [4.69, 9.17) is 4.74 Å². The van der Waals surface area contributed by atoms with Crippen LogP contribution in [0.4, 0.5) is 0 Å². The molecule has 0 saturated heterocycles. The monoisotopic (exact) mass is 300 g/mol. The van der Waals surface area contributed by atoms with E-state index in [1.165, 1.54) is 6.42 Å². The van der Waals surface area contributed by atoms with Crippen molar-refractivity contribution in [2.45, 2.75) is 20.3 Å². The number of hydrogen-bond acceptors (Lipinski definition) is 3. The molecule has 0 saturated carbocycles. The zero-order valence-electron chi connectivity index (χ0n) is 13.4. The van der Waals surface area contributed by atoms with Crippen LogP contribution in [0.5, 0.6) is 5.75 Å². The van der Waals surface area contributed by atoms with E-state index >= 15 is 0 Å². The molecular weight excluding hydrogens is 276 g/mol. The highest BCUT2D eigenvalue weighted by Crippen LogP contribution is 2.17. The number of likely N-dealkylation sites (N-methyl/N-ethyl adjacent to an activating group) is 1. The molecule has 0 fully saturated rings. The predicted octanol–water partition coefficient (Wildman–Crippen LogP) is 3.40. The van der Waals surface area contributed by atoms with E-state index in [1.807, 2.05) is 41.1 Å². The summed E-state index contributed by atoms with van der Waals surface area (Å²) in [6.45, 7) is 8.16. The molecule has 1 heterocycles. The van der Waals surface area contributed by atoms with Crippen LogP contribution in [0.25, 0.3) is 5.69 Å². The van der Waals surface area contributed by atoms with Gasteiger partial charge < -0.3 is 14.2 Å². The third kappa shape index (κ3) is 4.21. The minimum Gasteiger partial charge on any atom is -0.492 e. The lowest BCUT2D eigenvalue weighted by Crippen LogP contribution is -2.28. The Labute approximate surface area is 132 Å². The van der Waals surface area contributed by atoms with Crippen molar-refractivity contribution in [3.63, 3.8) is 0 Å². The van der Waals surface area contributed by atoms with Gasteiger partial charge in [0.1, 0.15) is 12.4 Å². The summed E-state index contributed by atoms with van der Waals surface area (Å²) in [7, 11) is 0. The summed E-state index contributed by atoms with van der Waals surface area (Å²) >= 11 is 0. The zero-order chi connectivity index (χ0) is 15.8. The maximum atomic E-state index is 11.0. The molecule has 0 bridgehead atoms. The predicted molar refractivity (Wildman–Crippen MR) is 89.1 cm³/mol. The normalized spacial score (nSPS) is 10.9. The van der Waals surface area contributed by atoms with Gasteiger partial charge in [-0.25, -0.2) is 0 Å². The smallest absolute Gasteiger partial charge is 0.166 e. The molecule has 22 heavy (non-hydrogen) atoms. The summed E-state index contributed by atoms with van der Waals surface area (Å²) in [4.78, 5) is 13.3. The standard InChI is InChI=1S/C18H24N2O2/c1-3-11-19(4-2)13-14-22-18-9-7-16(8-10-18)20-12-5-6-17(20)15-21/h5-10,12,15H,3-4,11,13-14H2,1-2H3. The lowest BCUT2D eigenvalue weighted by Gasteiger charge is -2.19. The van der Waals surface area contributed by atoms with E-state index in [1.54, 1.807) is 6.07 Å². The van der Waals surface area contributed by atoms with Gasteiger partial charge in [-0.3, -0.25) is 4.79 Å². The Balaban J connectivity index is 1.91. The average Bonchev–Trinajstić information content (AvgIpc) is 3.03. The SMILES string of the molecule is CCCN(CC)CCOc1ccc(-n2cccc2C=O)cc1. The first-order valence-electron chi connectivity index (χ1n) is 7.86. The Morgan fingerprint density at radius 1 is 1.14 bits per heavy atom. The largest absolute Gasteiger partial charge is 0.492 e. The number of aldehydes is 1. The van der Waals surface area contributed by atoms with Crippen molar-refractivity contribution in [2.75, 3.05) is 26.2 Å². The van der Waals surface area contributed by atoms with Crippen LogP contribution in [0.15, 0.2) is 42.6 Å². The third-order valence-electron chi connectivity index (χ3n) is 3.68. The van der Waals surface area contributed by atoms with E-state index in [0.29, 0.717) is 12.3 Å². The molecule has 118 valence electrons. The lowest BCUT2D eigenvalue weighted by atomic mass is 10.3. The van der Waals surface area contributed by atoms with E-state index in [9.17, 15) is 4.79 Å². The van der Waals surface area contributed by atoms with Gasteiger partial charge in [0.2, 0.25) is 0 Å². The van der Waals surface area contributed by atoms with Crippen molar-refractivity contribution in [1.82, 2.24) is 9.47 Å². The van der Waals surface area contributed by atoms with Crippen LogP contribution in [-0.4, -0.2) is 42.0 Å². The molecule has 2 aromatic rings. The number of ether oxygens (including phenoxy) is 1. The molecule has 0 spiro atoms. The van der Waals surface area contributed by atoms with E-state index in [2.05, 4.69) is 18.7 Å². The Hall–Kier alpha value is -2.07. The van der Waals surface area contributed by atoms with Crippen molar-refractivity contribution < 1.29 is 9.53 Å². The fourth-order valence-corrected chi connectivity index (χ4v) is 2.47. The van der Waals surface area contributed by atoms with Gasteiger partial charge >= 0.3 is 0 Å². The second-order valence-corrected chi connectivity index (χ2v) is 5.20. The van der Waals surface area contributed by atoms with Crippen LogP contribution in [0.1, 0.15) is 30.8 Å². The Morgan fingerprint density at radius 3 is 2.55 bits per heavy atom. The van der Waals surface area contributed by atoms with Crippen LogP contribution in [0, 0.1) is 0 Å². The van der Waals surface area contributed by atoms with Crippen LogP contribution in [0.3, 0.4) is 0 Å². The first kappa shape index (κ1) is 16.3. The Bertz CT molecular complexity index is 575. The van der Waals surface area contributed by atoms with Crippen molar-refractivity contribution in [3.8, 4) is 11.4 Å². The summed E-state index contributed by atoms with van der Waals surface area (Å²) in [6, 6.07) is 11.5. The molecule has 0 N–H and O–H groups in total. The number of hydrogen-bond donors (Lipinski definition) is 0. The number of nitrogens with zero attached hydrogens (tertiary/aromatic N) is 2. The molecule has 1 aromatic carbocycles. The maximum Gasteiger partial charge on any atom is 0.166 e. The van der Waals surface area contributed by atoms with E-state index in [-0.39, 0.29) is 0 Å². The molecular formula is C18H24N2O2. The fraction of sp³-hybridized carbons (Fsp3) is 0.389. The third-order valence-corrected chi connectivity index (χ3v) is 3.68. The molecule has 4 nitrogen and oxygen atoms in total. The maximum absolute atomic E-state index is 11.0. The number of benzene rings is 1. The van der Waals surface area contributed by atoms with Gasteiger partial charge in [-0.1, -0.05) is 13.8 Å². The van der Waals surface area contributed by atoms with Gasteiger partial charge in [-0.2, -0.15) is 0 Å². The minimum absolute atomic E-state index is 0.645. The van der Waals surface area contributed by atoms with Gasteiger partial charge in [0.05, 0.1) is 5.69 Å². The van der Waals surface area contributed by atoms with Gasteiger partial charge in [0, 0.05) is 18.4 Å². The van der Waals surface area contributed by atoms with Crippen molar-refractivity contribution in [3.05, 3.63) is 48.3 Å². The van der Waals surface area contributed by atoms with Crippen molar-refractivity contribution in [2.24, 2.45) is 0 Å².